The Morgan fingerprint density at radius 3 is 2.44 bits per heavy atom. The first-order chi connectivity index (χ1) is 8.47. The molecule has 98 valence electrons. The lowest BCUT2D eigenvalue weighted by atomic mass is 10.1. The topological polar surface area (TPSA) is 46.6 Å². The summed E-state index contributed by atoms with van der Waals surface area (Å²) in [4.78, 5) is 25.0. The van der Waals surface area contributed by atoms with E-state index < -0.39 is 5.97 Å². The molecule has 5 heteroatoms. The molecular formula is C13H16ClNO3. The van der Waals surface area contributed by atoms with Gasteiger partial charge in [0.2, 0.25) is 0 Å². The van der Waals surface area contributed by atoms with Crippen molar-refractivity contribution in [1.82, 2.24) is 4.90 Å². The molecule has 1 aromatic rings. The Morgan fingerprint density at radius 2 is 1.94 bits per heavy atom. The third kappa shape index (κ3) is 3.47. The molecule has 0 saturated heterocycles. The number of nitrogens with zero attached hydrogens (tertiary/aromatic N) is 1. The monoisotopic (exact) mass is 269 g/mol. The third-order valence-electron chi connectivity index (χ3n) is 2.52. The molecule has 0 spiro atoms. The number of benzene rings is 1. The number of methoxy groups -OCH3 is 1. The quantitative estimate of drug-likeness (QED) is 0.789. The highest BCUT2D eigenvalue weighted by atomic mass is 35.5. The summed E-state index contributed by atoms with van der Waals surface area (Å²) in [6.45, 7) is 3.58. The first-order valence-electron chi connectivity index (χ1n) is 5.59. The molecule has 0 heterocycles. The van der Waals surface area contributed by atoms with Crippen molar-refractivity contribution in [3.05, 3.63) is 34.9 Å². The van der Waals surface area contributed by atoms with Crippen molar-refractivity contribution in [2.45, 2.75) is 19.9 Å². The molecule has 0 radical (unpaired) electrons. The SMILES string of the molecule is COC(=O)CN(C(=O)c1ccccc1Cl)C(C)C. The number of carbonyl (C=O) groups excluding carboxylic acids is 2. The van der Waals surface area contributed by atoms with Crippen molar-refractivity contribution in [2.75, 3.05) is 13.7 Å². The van der Waals surface area contributed by atoms with Crippen LogP contribution in [0.3, 0.4) is 0 Å². The van der Waals surface area contributed by atoms with Crippen LogP contribution in [0.2, 0.25) is 5.02 Å². The van der Waals surface area contributed by atoms with E-state index in [4.69, 9.17) is 11.6 Å². The van der Waals surface area contributed by atoms with E-state index in [1.807, 2.05) is 13.8 Å². The zero-order valence-corrected chi connectivity index (χ0v) is 11.4. The second kappa shape index (κ2) is 6.40. The first-order valence-corrected chi connectivity index (χ1v) is 5.97. The van der Waals surface area contributed by atoms with E-state index in [1.165, 1.54) is 12.0 Å². The summed E-state index contributed by atoms with van der Waals surface area (Å²) in [5.41, 5.74) is 0.386. The van der Waals surface area contributed by atoms with Gasteiger partial charge in [0.1, 0.15) is 6.54 Å². The standard InChI is InChI=1S/C13H16ClNO3/c1-9(2)15(8-12(16)18-3)13(17)10-6-4-5-7-11(10)14/h4-7,9H,8H2,1-3H3. The second-order valence-corrected chi connectivity index (χ2v) is 4.49. The maximum Gasteiger partial charge on any atom is 0.325 e. The Balaban J connectivity index is 2.97. The summed E-state index contributed by atoms with van der Waals surface area (Å²) >= 11 is 5.97. The molecule has 0 aliphatic heterocycles. The van der Waals surface area contributed by atoms with Crippen LogP contribution >= 0.6 is 11.6 Å². The lowest BCUT2D eigenvalue weighted by Crippen LogP contribution is -2.41. The molecule has 0 aromatic heterocycles. The highest BCUT2D eigenvalue weighted by Gasteiger charge is 2.23. The lowest BCUT2D eigenvalue weighted by molar-refractivity contribution is -0.141. The number of ether oxygens (including phenoxy) is 1. The van der Waals surface area contributed by atoms with Crippen LogP contribution in [-0.4, -0.2) is 36.5 Å². The fourth-order valence-corrected chi connectivity index (χ4v) is 1.70. The van der Waals surface area contributed by atoms with E-state index in [0.29, 0.717) is 10.6 Å². The third-order valence-corrected chi connectivity index (χ3v) is 2.85. The summed E-state index contributed by atoms with van der Waals surface area (Å²) < 4.78 is 4.58. The van der Waals surface area contributed by atoms with Crippen molar-refractivity contribution >= 4 is 23.5 Å². The molecule has 1 aromatic carbocycles. The zero-order chi connectivity index (χ0) is 13.7. The van der Waals surface area contributed by atoms with Gasteiger partial charge < -0.3 is 9.64 Å². The summed E-state index contributed by atoms with van der Waals surface area (Å²) in [5, 5.41) is 0.373. The zero-order valence-electron chi connectivity index (χ0n) is 10.6. The van der Waals surface area contributed by atoms with Crippen LogP contribution in [0.5, 0.6) is 0 Å². The molecule has 18 heavy (non-hydrogen) atoms. The Kier molecular flexibility index (Phi) is 5.16. The van der Waals surface area contributed by atoms with Crippen LogP contribution in [0.1, 0.15) is 24.2 Å². The van der Waals surface area contributed by atoms with E-state index in [2.05, 4.69) is 4.74 Å². The van der Waals surface area contributed by atoms with Gasteiger partial charge in [0.15, 0.2) is 0 Å². The van der Waals surface area contributed by atoms with Crippen LogP contribution in [0.4, 0.5) is 0 Å². The average molecular weight is 270 g/mol. The maximum atomic E-state index is 12.3. The Bertz CT molecular complexity index is 446. The highest BCUT2D eigenvalue weighted by molar-refractivity contribution is 6.33. The summed E-state index contributed by atoms with van der Waals surface area (Å²) in [5.74, 6) is -0.731. The average Bonchev–Trinajstić information content (AvgIpc) is 2.35. The predicted octanol–water partition coefficient (Wildman–Crippen LogP) is 2.36. The number of hydrogen-bond acceptors (Lipinski definition) is 3. The van der Waals surface area contributed by atoms with Gasteiger partial charge in [-0.25, -0.2) is 0 Å². The van der Waals surface area contributed by atoms with E-state index in [1.54, 1.807) is 24.3 Å². The lowest BCUT2D eigenvalue weighted by Gasteiger charge is -2.25. The number of esters is 1. The molecule has 0 atom stereocenters. The Morgan fingerprint density at radius 1 is 1.33 bits per heavy atom. The maximum absolute atomic E-state index is 12.3. The van der Waals surface area contributed by atoms with E-state index >= 15 is 0 Å². The first kappa shape index (κ1) is 14.5. The van der Waals surface area contributed by atoms with Gasteiger partial charge in [0.25, 0.3) is 5.91 Å². The molecule has 4 nitrogen and oxygen atoms in total. The minimum absolute atomic E-state index is 0.0851. The van der Waals surface area contributed by atoms with Crippen LogP contribution in [0.25, 0.3) is 0 Å². The fourth-order valence-electron chi connectivity index (χ4n) is 1.48. The predicted molar refractivity (Wildman–Crippen MR) is 69.6 cm³/mol. The summed E-state index contributed by atoms with van der Waals surface area (Å²) in [6, 6.07) is 6.64. The van der Waals surface area contributed by atoms with Crippen molar-refractivity contribution in [3.8, 4) is 0 Å². The van der Waals surface area contributed by atoms with Gasteiger partial charge in [-0.05, 0) is 26.0 Å². The van der Waals surface area contributed by atoms with Crippen molar-refractivity contribution < 1.29 is 14.3 Å². The summed E-state index contributed by atoms with van der Waals surface area (Å²) in [7, 11) is 1.29. The van der Waals surface area contributed by atoms with Crippen LogP contribution in [-0.2, 0) is 9.53 Å². The van der Waals surface area contributed by atoms with Crippen molar-refractivity contribution in [2.24, 2.45) is 0 Å². The molecule has 0 aliphatic carbocycles. The van der Waals surface area contributed by atoms with Gasteiger partial charge in [-0.3, -0.25) is 9.59 Å². The number of halogens is 1. The van der Waals surface area contributed by atoms with Gasteiger partial charge >= 0.3 is 5.97 Å². The van der Waals surface area contributed by atoms with Crippen LogP contribution < -0.4 is 0 Å². The fraction of sp³-hybridized carbons (Fsp3) is 0.385. The molecule has 0 N–H and O–H groups in total. The Hall–Kier alpha value is -1.55. The van der Waals surface area contributed by atoms with E-state index in [9.17, 15) is 9.59 Å². The van der Waals surface area contributed by atoms with E-state index in [0.717, 1.165) is 0 Å². The van der Waals surface area contributed by atoms with Gasteiger partial charge in [-0.2, -0.15) is 0 Å². The molecule has 0 fully saturated rings. The highest BCUT2D eigenvalue weighted by Crippen LogP contribution is 2.18. The molecule has 0 unspecified atom stereocenters. The molecular weight excluding hydrogens is 254 g/mol. The second-order valence-electron chi connectivity index (χ2n) is 4.08. The molecule has 0 saturated carbocycles. The van der Waals surface area contributed by atoms with Gasteiger partial charge in [-0.1, -0.05) is 23.7 Å². The normalized spacial score (nSPS) is 10.3. The number of hydrogen-bond donors (Lipinski definition) is 0. The van der Waals surface area contributed by atoms with Crippen molar-refractivity contribution in [1.29, 1.82) is 0 Å². The van der Waals surface area contributed by atoms with Crippen LogP contribution in [0, 0.1) is 0 Å². The molecule has 1 amide bonds. The number of carbonyl (C=O) groups is 2. The molecule has 0 aliphatic rings. The van der Waals surface area contributed by atoms with Gasteiger partial charge in [-0.15, -0.1) is 0 Å². The number of rotatable bonds is 4. The largest absolute Gasteiger partial charge is 0.468 e. The van der Waals surface area contributed by atoms with Gasteiger partial charge in [0, 0.05) is 6.04 Å². The van der Waals surface area contributed by atoms with Crippen molar-refractivity contribution in [3.63, 3.8) is 0 Å². The molecule has 0 bridgehead atoms. The number of amides is 1. The van der Waals surface area contributed by atoms with E-state index in [-0.39, 0.29) is 18.5 Å². The summed E-state index contributed by atoms with van der Waals surface area (Å²) in [6.07, 6.45) is 0. The van der Waals surface area contributed by atoms with Crippen LogP contribution in [0.15, 0.2) is 24.3 Å². The smallest absolute Gasteiger partial charge is 0.325 e. The van der Waals surface area contributed by atoms with Gasteiger partial charge in [0.05, 0.1) is 17.7 Å². The minimum Gasteiger partial charge on any atom is -0.468 e. The Labute approximate surface area is 111 Å². The molecule has 1 rings (SSSR count). The minimum atomic E-state index is -0.455.